The average molecular weight is 422 g/mol. The summed E-state index contributed by atoms with van der Waals surface area (Å²) in [6.07, 6.45) is 0.343. The molecule has 0 N–H and O–H groups in total. The van der Waals surface area contributed by atoms with Gasteiger partial charge in [0, 0.05) is 8.04 Å². The van der Waals surface area contributed by atoms with E-state index < -0.39 is 12.2 Å². The molecule has 2 amide bonds. The first kappa shape index (κ1) is 12.6. The summed E-state index contributed by atoms with van der Waals surface area (Å²) >= 11 is 5.55. The van der Waals surface area contributed by atoms with Crippen molar-refractivity contribution in [2.45, 2.75) is 25.0 Å². The van der Waals surface area contributed by atoms with Gasteiger partial charge in [-0.25, -0.2) is 4.90 Å². The lowest BCUT2D eigenvalue weighted by Crippen LogP contribution is -2.52. The van der Waals surface area contributed by atoms with Crippen molar-refractivity contribution in [2.24, 2.45) is 0 Å². The Morgan fingerprint density at radius 2 is 1.83 bits per heavy atom. The number of fused-ring (bicyclic) bond motifs is 2. The number of nitrogens with zero attached hydrogens (tertiary/aromatic N) is 1. The molecule has 6 heteroatoms. The molecule has 0 radical (unpaired) electrons. The highest BCUT2D eigenvalue weighted by atomic mass is 127. The molecule has 18 heavy (non-hydrogen) atoms. The molecule has 2 bridgehead atoms. The molecule has 94 valence electrons. The third-order valence-corrected chi connectivity index (χ3v) is 4.50. The van der Waals surface area contributed by atoms with E-state index >= 15 is 0 Å². The fourth-order valence-electron chi connectivity index (χ4n) is 2.29. The van der Waals surface area contributed by atoms with Crippen molar-refractivity contribution in [3.63, 3.8) is 0 Å². The summed E-state index contributed by atoms with van der Waals surface area (Å²) < 4.78 is 7.10. The Kier molecular flexibility index (Phi) is 3.19. The van der Waals surface area contributed by atoms with Crippen LogP contribution < -0.4 is 4.90 Å². The maximum Gasteiger partial charge on any atom is 0.263 e. The van der Waals surface area contributed by atoms with Gasteiger partial charge in [0.2, 0.25) is 0 Å². The predicted molar refractivity (Wildman–Crippen MR) is 77.2 cm³/mol. The minimum Gasteiger partial charge on any atom is -0.355 e. The zero-order valence-corrected chi connectivity index (χ0v) is 13.0. The van der Waals surface area contributed by atoms with Crippen molar-refractivity contribution in [1.82, 2.24) is 0 Å². The molecule has 2 fully saturated rings. The molecule has 0 aliphatic carbocycles. The fraction of sp³-hybridized carbons (Fsp3) is 0.333. The Hall–Kier alpha value is -0.470. The number of imide groups is 1. The summed E-state index contributed by atoms with van der Waals surface area (Å²) in [5.41, 5.74) is 0.608. The van der Waals surface area contributed by atoms with Crippen LogP contribution in [0.5, 0.6) is 0 Å². The number of ether oxygens (including phenoxy) is 1. The standard InChI is InChI=1S/C12H9BrINO3/c13-7-2-1-6(14)5-8(7)15-11(16)9-3-4-10(18-9)12(15)17/h1-2,5,9-10H,3-4H2. The second kappa shape index (κ2) is 4.57. The van der Waals surface area contributed by atoms with Crippen LogP contribution in [0.3, 0.4) is 0 Å². The lowest BCUT2D eigenvalue weighted by Gasteiger charge is -2.30. The Morgan fingerprint density at radius 3 is 2.44 bits per heavy atom. The summed E-state index contributed by atoms with van der Waals surface area (Å²) in [7, 11) is 0. The number of carbonyl (C=O) groups excluding carboxylic acids is 2. The molecule has 2 unspecified atom stereocenters. The van der Waals surface area contributed by atoms with Crippen molar-refractivity contribution >= 4 is 56.0 Å². The monoisotopic (exact) mass is 421 g/mol. The largest absolute Gasteiger partial charge is 0.355 e. The summed E-state index contributed by atoms with van der Waals surface area (Å²) in [6, 6.07) is 5.58. The van der Waals surface area contributed by atoms with Gasteiger partial charge in [0.1, 0.15) is 12.2 Å². The van der Waals surface area contributed by atoms with Gasteiger partial charge in [0.15, 0.2) is 0 Å². The van der Waals surface area contributed by atoms with Crippen LogP contribution in [0.15, 0.2) is 22.7 Å². The van der Waals surface area contributed by atoms with E-state index in [0.717, 1.165) is 8.04 Å². The van der Waals surface area contributed by atoms with E-state index in [0.29, 0.717) is 18.5 Å². The molecule has 2 saturated heterocycles. The van der Waals surface area contributed by atoms with E-state index in [-0.39, 0.29) is 11.8 Å². The first-order valence-electron chi connectivity index (χ1n) is 5.56. The third kappa shape index (κ3) is 1.90. The predicted octanol–water partition coefficient (Wildman–Crippen LogP) is 2.47. The maximum atomic E-state index is 12.2. The molecule has 2 atom stereocenters. The molecule has 4 nitrogen and oxygen atoms in total. The lowest BCUT2D eigenvalue weighted by atomic mass is 10.2. The number of morpholine rings is 1. The van der Waals surface area contributed by atoms with Crippen LogP contribution in [-0.4, -0.2) is 24.0 Å². The van der Waals surface area contributed by atoms with Crippen molar-refractivity contribution in [3.8, 4) is 0 Å². The molecule has 1 aromatic rings. The van der Waals surface area contributed by atoms with Crippen molar-refractivity contribution in [1.29, 1.82) is 0 Å². The number of halogens is 2. The van der Waals surface area contributed by atoms with Crippen molar-refractivity contribution < 1.29 is 14.3 Å². The topological polar surface area (TPSA) is 46.6 Å². The molecule has 0 saturated carbocycles. The smallest absolute Gasteiger partial charge is 0.263 e. The minimum atomic E-state index is -0.461. The quantitative estimate of drug-likeness (QED) is 0.517. The van der Waals surface area contributed by atoms with E-state index in [1.165, 1.54) is 4.90 Å². The molecule has 2 aliphatic rings. The van der Waals surface area contributed by atoms with Crippen LogP contribution in [0.25, 0.3) is 0 Å². The van der Waals surface area contributed by atoms with Crippen molar-refractivity contribution in [3.05, 3.63) is 26.2 Å². The molecule has 2 aliphatic heterocycles. The minimum absolute atomic E-state index is 0.253. The highest BCUT2D eigenvalue weighted by Gasteiger charge is 2.47. The number of anilines is 1. The molecular formula is C12H9BrINO3. The van der Waals surface area contributed by atoms with E-state index in [1.807, 2.05) is 18.2 Å². The third-order valence-electron chi connectivity index (χ3n) is 3.16. The zero-order chi connectivity index (χ0) is 12.9. The second-order valence-electron chi connectivity index (χ2n) is 4.30. The van der Waals surface area contributed by atoms with Gasteiger partial charge in [-0.15, -0.1) is 0 Å². The SMILES string of the molecule is O=C1C2CCC(O2)C(=O)N1c1cc(I)ccc1Br. The van der Waals surface area contributed by atoms with E-state index in [2.05, 4.69) is 38.5 Å². The molecular weight excluding hydrogens is 413 g/mol. The average Bonchev–Trinajstić information content (AvgIpc) is 2.78. The van der Waals surface area contributed by atoms with Crippen LogP contribution in [0, 0.1) is 3.57 Å². The zero-order valence-electron chi connectivity index (χ0n) is 9.23. The van der Waals surface area contributed by atoms with Gasteiger partial charge in [-0.1, -0.05) is 0 Å². The van der Waals surface area contributed by atoms with Crippen LogP contribution in [-0.2, 0) is 14.3 Å². The van der Waals surface area contributed by atoms with E-state index in [1.54, 1.807) is 0 Å². The summed E-state index contributed by atoms with van der Waals surface area (Å²) in [6.45, 7) is 0. The molecule has 2 heterocycles. The second-order valence-corrected chi connectivity index (χ2v) is 6.40. The van der Waals surface area contributed by atoms with Crippen LogP contribution in [0.4, 0.5) is 5.69 Å². The van der Waals surface area contributed by atoms with E-state index in [9.17, 15) is 9.59 Å². The maximum absolute atomic E-state index is 12.2. The van der Waals surface area contributed by atoms with E-state index in [4.69, 9.17) is 4.74 Å². The fourth-order valence-corrected chi connectivity index (χ4v) is 3.19. The number of hydrogen-bond acceptors (Lipinski definition) is 3. The van der Waals surface area contributed by atoms with Gasteiger partial charge in [-0.2, -0.15) is 0 Å². The summed E-state index contributed by atoms with van der Waals surface area (Å²) in [4.78, 5) is 25.7. The Balaban J connectivity index is 2.07. The molecule has 0 aromatic heterocycles. The van der Waals surface area contributed by atoms with Crippen LogP contribution in [0.2, 0.25) is 0 Å². The number of benzene rings is 1. The first-order valence-corrected chi connectivity index (χ1v) is 7.43. The Labute approximate surface area is 126 Å². The van der Waals surface area contributed by atoms with Gasteiger partial charge in [0.05, 0.1) is 5.69 Å². The summed E-state index contributed by atoms with van der Waals surface area (Å²) in [5, 5.41) is 0. The highest BCUT2D eigenvalue weighted by Crippen LogP contribution is 2.35. The normalized spacial score (nSPS) is 26.9. The van der Waals surface area contributed by atoms with Gasteiger partial charge < -0.3 is 4.74 Å². The van der Waals surface area contributed by atoms with Gasteiger partial charge in [-0.3, -0.25) is 9.59 Å². The molecule has 1 aromatic carbocycles. The molecule has 0 spiro atoms. The van der Waals surface area contributed by atoms with Crippen LogP contribution in [0.1, 0.15) is 12.8 Å². The molecule has 3 rings (SSSR count). The van der Waals surface area contributed by atoms with Gasteiger partial charge in [0.25, 0.3) is 11.8 Å². The first-order chi connectivity index (χ1) is 8.58. The summed E-state index contributed by atoms with van der Waals surface area (Å²) in [5.74, 6) is -0.507. The van der Waals surface area contributed by atoms with Crippen molar-refractivity contribution in [2.75, 3.05) is 4.90 Å². The highest BCUT2D eigenvalue weighted by molar-refractivity contribution is 14.1. The number of amides is 2. The number of hydrogen-bond donors (Lipinski definition) is 0. The Bertz CT molecular complexity index is 526. The lowest BCUT2D eigenvalue weighted by molar-refractivity contribution is -0.146. The van der Waals surface area contributed by atoms with Gasteiger partial charge in [-0.05, 0) is 69.6 Å². The van der Waals surface area contributed by atoms with Crippen LogP contribution >= 0.6 is 38.5 Å². The number of carbonyl (C=O) groups is 2. The van der Waals surface area contributed by atoms with Gasteiger partial charge >= 0.3 is 0 Å². The number of rotatable bonds is 1. The Morgan fingerprint density at radius 1 is 1.22 bits per heavy atom.